The Balaban J connectivity index is 2.74. The number of phenols is 1. The van der Waals surface area contributed by atoms with Gasteiger partial charge in [-0.3, -0.25) is 9.59 Å². The average Bonchev–Trinajstić information content (AvgIpc) is 2.38. The van der Waals surface area contributed by atoms with Gasteiger partial charge in [0.1, 0.15) is 12.4 Å². The molecule has 1 amide bonds. The van der Waals surface area contributed by atoms with Gasteiger partial charge < -0.3 is 15.2 Å². The first kappa shape index (κ1) is 11.4. The van der Waals surface area contributed by atoms with Crippen LogP contribution in [0.3, 0.4) is 0 Å². The lowest BCUT2D eigenvalue weighted by molar-refractivity contribution is -0.142. The number of anilines is 1. The topological polar surface area (TPSA) is 75.6 Å². The van der Waals surface area contributed by atoms with Crippen molar-refractivity contribution in [2.24, 2.45) is 0 Å². The zero-order chi connectivity index (χ0) is 13.5. The smallest absolute Gasteiger partial charge is 0.302 e. The first-order valence-electron chi connectivity index (χ1n) is 5.84. The Morgan fingerprint density at radius 1 is 1.53 bits per heavy atom. The fourth-order valence-electron chi connectivity index (χ4n) is 1.18. The molecule has 2 N–H and O–H groups in total. The summed E-state index contributed by atoms with van der Waals surface area (Å²) in [5.41, 5.74) is 0.905. The van der Waals surface area contributed by atoms with Gasteiger partial charge in [0.15, 0.2) is 0 Å². The minimum atomic E-state index is -0.623. The molecule has 0 aliphatic heterocycles. The SMILES string of the molecule is [2H]CC(=O)OCc1ccc(O)c(NC(=O)CC)c1. The summed E-state index contributed by atoms with van der Waals surface area (Å²) in [5, 5.41) is 12.1. The number of ether oxygens (including phenoxy) is 1. The highest BCUT2D eigenvalue weighted by Gasteiger charge is 2.06. The lowest BCUT2D eigenvalue weighted by atomic mass is 10.2. The van der Waals surface area contributed by atoms with Gasteiger partial charge in [-0.15, -0.1) is 0 Å². The van der Waals surface area contributed by atoms with Gasteiger partial charge in [0.25, 0.3) is 0 Å². The second-order valence-corrected chi connectivity index (χ2v) is 3.41. The second-order valence-electron chi connectivity index (χ2n) is 3.41. The van der Waals surface area contributed by atoms with Crippen molar-refractivity contribution >= 4 is 17.6 Å². The third-order valence-electron chi connectivity index (χ3n) is 2.06. The highest BCUT2D eigenvalue weighted by atomic mass is 16.5. The molecule has 0 spiro atoms. The Morgan fingerprint density at radius 2 is 2.29 bits per heavy atom. The molecule has 5 heteroatoms. The van der Waals surface area contributed by atoms with E-state index < -0.39 is 12.9 Å². The number of rotatable bonds is 4. The summed E-state index contributed by atoms with van der Waals surface area (Å²) in [6, 6.07) is 4.52. The Kier molecular flexibility index (Phi) is 3.96. The van der Waals surface area contributed by atoms with Gasteiger partial charge in [-0.25, -0.2) is 0 Å². The molecule has 17 heavy (non-hydrogen) atoms. The lowest BCUT2D eigenvalue weighted by Crippen LogP contribution is -2.10. The molecule has 0 aliphatic carbocycles. The molecule has 1 aromatic carbocycles. The van der Waals surface area contributed by atoms with E-state index in [-0.39, 0.29) is 24.0 Å². The van der Waals surface area contributed by atoms with Gasteiger partial charge in [-0.05, 0) is 17.7 Å². The number of amides is 1. The molecule has 92 valence electrons. The van der Waals surface area contributed by atoms with Crippen LogP contribution in [0.4, 0.5) is 5.69 Å². The molecule has 0 saturated heterocycles. The van der Waals surface area contributed by atoms with E-state index in [1.54, 1.807) is 13.0 Å². The van der Waals surface area contributed by atoms with E-state index >= 15 is 0 Å². The molecule has 0 aromatic heterocycles. The average molecular weight is 238 g/mol. The fraction of sp³-hybridized carbons (Fsp3) is 0.333. The summed E-state index contributed by atoms with van der Waals surface area (Å²) in [4.78, 5) is 22.1. The summed E-state index contributed by atoms with van der Waals surface area (Å²) in [5.74, 6) is -0.889. The van der Waals surface area contributed by atoms with E-state index in [0.29, 0.717) is 12.0 Å². The molecule has 0 aliphatic rings. The van der Waals surface area contributed by atoms with Crippen LogP contribution in [-0.4, -0.2) is 17.0 Å². The van der Waals surface area contributed by atoms with Crippen LogP contribution in [0, 0.1) is 0 Å². The molecule has 1 aromatic rings. The van der Waals surface area contributed by atoms with Crippen molar-refractivity contribution in [3.8, 4) is 5.75 Å². The number of benzene rings is 1. The molecule has 0 bridgehead atoms. The zero-order valence-corrected chi connectivity index (χ0v) is 9.53. The van der Waals surface area contributed by atoms with Gasteiger partial charge >= 0.3 is 5.97 Å². The molecule has 1 rings (SSSR count). The number of carbonyl (C=O) groups is 2. The van der Waals surface area contributed by atoms with Crippen molar-refractivity contribution in [2.45, 2.75) is 26.9 Å². The van der Waals surface area contributed by atoms with E-state index in [1.807, 2.05) is 0 Å². The van der Waals surface area contributed by atoms with Gasteiger partial charge in [0, 0.05) is 14.7 Å². The Hall–Kier alpha value is -2.04. The van der Waals surface area contributed by atoms with Crippen LogP contribution in [0.2, 0.25) is 0 Å². The van der Waals surface area contributed by atoms with E-state index in [1.165, 1.54) is 12.1 Å². The first-order valence-corrected chi connectivity index (χ1v) is 5.13. The summed E-state index contributed by atoms with van der Waals surface area (Å²) in [6.07, 6.45) is 0.303. The fourth-order valence-corrected chi connectivity index (χ4v) is 1.18. The molecule has 0 fully saturated rings. The third-order valence-corrected chi connectivity index (χ3v) is 2.06. The van der Waals surface area contributed by atoms with Gasteiger partial charge in [-0.1, -0.05) is 13.0 Å². The lowest BCUT2D eigenvalue weighted by Gasteiger charge is -2.09. The monoisotopic (exact) mass is 238 g/mol. The normalized spacial score (nSPS) is 10.5. The van der Waals surface area contributed by atoms with Crippen LogP contribution in [0.5, 0.6) is 5.75 Å². The Bertz CT molecular complexity index is 448. The van der Waals surface area contributed by atoms with Crippen molar-refractivity contribution in [1.29, 1.82) is 0 Å². The number of esters is 1. The van der Waals surface area contributed by atoms with E-state index in [2.05, 4.69) is 5.32 Å². The van der Waals surface area contributed by atoms with Gasteiger partial charge in [0.05, 0.1) is 5.69 Å². The summed E-state index contributed by atoms with van der Waals surface area (Å²) < 4.78 is 11.6. The maximum Gasteiger partial charge on any atom is 0.302 e. The number of aromatic hydroxyl groups is 1. The van der Waals surface area contributed by atoms with Gasteiger partial charge in [-0.2, -0.15) is 0 Å². The number of hydrogen-bond donors (Lipinski definition) is 2. The quantitative estimate of drug-likeness (QED) is 0.619. The second kappa shape index (κ2) is 5.89. The molecule has 0 unspecified atom stereocenters. The van der Waals surface area contributed by atoms with Crippen molar-refractivity contribution in [2.75, 3.05) is 5.32 Å². The Morgan fingerprint density at radius 3 is 2.94 bits per heavy atom. The maximum atomic E-state index is 11.2. The molecule has 0 atom stereocenters. The van der Waals surface area contributed by atoms with Crippen molar-refractivity contribution in [3.63, 3.8) is 0 Å². The van der Waals surface area contributed by atoms with Crippen LogP contribution >= 0.6 is 0 Å². The number of nitrogens with one attached hydrogen (secondary N) is 1. The van der Waals surface area contributed by atoms with Crippen molar-refractivity contribution in [1.82, 2.24) is 0 Å². The van der Waals surface area contributed by atoms with Crippen molar-refractivity contribution < 1.29 is 20.8 Å². The molecule has 0 heterocycles. The highest BCUT2D eigenvalue weighted by molar-refractivity contribution is 5.92. The number of phenolic OH excluding ortho intramolecular Hbond substituents is 1. The molecular formula is C12H15NO4. The molecule has 5 nitrogen and oxygen atoms in total. The summed E-state index contributed by atoms with van der Waals surface area (Å²) in [6.45, 7) is 1.27. The maximum absolute atomic E-state index is 11.2. The highest BCUT2D eigenvalue weighted by Crippen LogP contribution is 2.24. The number of hydrogen-bond acceptors (Lipinski definition) is 4. The van der Waals surface area contributed by atoms with E-state index in [4.69, 9.17) is 6.11 Å². The first-order chi connectivity index (χ1) is 8.56. The van der Waals surface area contributed by atoms with Crippen molar-refractivity contribution in [3.05, 3.63) is 23.8 Å². The third kappa shape index (κ3) is 4.14. The molecule has 0 radical (unpaired) electrons. The van der Waals surface area contributed by atoms with Crippen LogP contribution in [0.15, 0.2) is 18.2 Å². The van der Waals surface area contributed by atoms with Gasteiger partial charge in [0.2, 0.25) is 5.91 Å². The molecule has 0 saturated carbocycles. The standard InChI is InChI=1S/C12H15NO4/c1-3-12(16)13-10-6-9(4-5-11(10)15)7-17-8(2)14/h4-6,15H,3,7H2,1-2H3,(H,13,16)/i2D. The zero-order valence-electron chi connectivity index (χ0n) is 10.5. The minimum Gasteiger partial charge on any atom is -0.506 e. The summed E-state index contributed by atoms with van der Waals surface area (Å²) >= 11 is 0. The largest absolute Gasteiger partial charge is 0.506 e. The molecular weight excluding hydrogens is 222 g/mol. The predicted octanol–water partition coefficient (Wildman–Crippen LogP) is 1.80. The summed E-state index contributed by atoms with van der Waals surface area (Å²) in [7, 11) is 0. The number of carbonyl (C=O) groups excluding carboxylic acids is 2. The van der Waals surface area contributed by atoms with E-state index in [9.17, 15) is 14.7 Å². The van der Waals surface area contributed by atoms with Crippen LogP contribution < -0.4 is 5.32 Å². The van der Waals surface area contributed by atoms with E-state index in [0.717, 1.165) is 0 Å². The van der Waals surface area contributed by atoms with Crippen LogP contribution in [-0.2, 0) is 20.9 Å². The Labute approximate surface area is 101 Å². The predicted molar refractivity (Wildman–Crippen MR) is 62.5 cm³/mol. The minimum absolute atomic E-state index is 0.00693. The van der Waals surface area contributed by atoms with Crippen LogP contribution in [0.25, 0.3) is 0 Å². The van der Waals surface area contributed by atoms with Crippen LogP contribution in [0.1, 0.15) is 27.2 Å².